The predicted molar refractivity (Wildman–Crippen MR) is 62.7 cm³/mol. The van der Waals surface area contributed by atoms with Crippen LogP contribution in [-0.4, -0.2) is 30.1 Å². The van der Waals surface area contributed by atoms with Gasteiger partial charge in [-0.15, -0.1) is 0 Å². The molecule has 1 N–H and O–H groups in total. The molecule has 0 bridgehead atoms. The largest absolute Gasteiger partial charge is 0.377 e. The molecule has 1 aromatic heterocycles. The van der Waals surface area contributed by atoms with Crippen LogP contribution in [0.1, 0.15) is 24.3 Å². The Morgan fingerprint density at radius 1 is 1.69 bits per heavy atom. The fourth-order valence-electron chi connectivity index (χ4n) is 1.20. The van der Waals surface area contributed by atoms with Gasteiger partial charge in [-0.05, 0) is 26.0 Å². The summed E-state index contributed by atoms with van der Waals surface area (Å²) >= 11 is 5.76. The molecule has 0 fully saturated rings. The number of hydrogen-bond donors (Lipinski definition) is 1. The Labute approximate surface area is 100.0 Å². The molecule has 0 aliphatic rings. The number of halogens is 1. The molecule has 0 spiro atoms. The van der Waals surface area contributed by atoms with Gasteiger partial charge in [-0.25, -0.2) is 0 Å². The zero-order valence-corrected chi connectivity index (χ0v) is 10.1. The second-order valence-corrected chi connectivity index (χ2v) is 3.77. The smallest absolute Gasteiger partial charge is 0.270 e. The number of carbonyl (C=O) groups excluding carboxylic acids is 1. The van der Waals surface area contributed by atoms with E-state index in [4.69, 9.17) is 16.3 Å². The summed E-state index contributed by atoms with van der Waals surface area (Å²) in [6.45, 7) is 4.90. The molecule has 1 heterocycles. The lowest BCUT2D eigenvalue weighted by molar-refractivity contribution is 0.0693. The SMILES string of the molecule is CCOC(C)CNC(=O)c1cc(Cl)ccn1. The summed E-state index contributed by atoms with van der Waals surface area (Å²) < 4.78 is 5.29. The van der Waals surface area contributed by atoms with Gasteiger partial charge < -0.3 is 10.1 Å². The van der Waals surface area contributed by atoms with E-state index in [1.165, 1.54) is 12.3 Å². The standard InChI is InChI=1S/C11H15ClN2O2/c1-3-16-8(2)7-14-11(15)10-6-9(12)4-5-13-10/h4-6,8H,3,7H2,1-2H3,(H,14,15). The molecule has 1 atom stereocenters. The molecule has 4 nitrogen and oxygen atoms in total. The van der Waals surface area contributed by atoms with Gasteiger partial charge in [-0.1, -0.05) is 11.6 Å². The van der Waals surface area contributed by atoms with E-state index < -0.39 is 0 Å². The average molecular weight is 243 g/mol. The number of rotatable bonds is 5. The summed E-state index contributed by atoms with van der Waals surface area (Å²) in [6.07, 6.45) is 1.50. The minimum absolute atomic E-state index is 0.00636. The maximum atomic E-state index is 11.6. The number of carbonyl (C=O) groups is 1. The number of aromatic nitrogens is 1. The Morgan fingerprint density at radius 3 is 3.06 bits per heavy atom. The molecule has 88 valence electrons. The van der Waals surface area contributed by atoms with Crippen molar-refractivity contribution in [1.29, 1.82) is 0 Å². The van der Waals surface area contributed by atoms with E-state index in [1.54, 1.807) is 6.07 Å². The fraction of sp³-hybridized carbons (Fsp3) is 0.455. The van der Waals surface area contributed by atoms with Crippen LogP contribution in [0.3, 0.4) is 0 Å². The molecule has 0 radical (unpaired) electrons. The van der Waals surface area contributed by atoms with Crippen molar-refractivity contribution in [2.45, 2.75) is 20.0 Å². The fourth-order valence-corrected chi connectivity index (χ4v) is 1.36. The summed E-state index contributed by atoms with van der Waals surface area (Å²) in [4.78, 5) is 15.5. The van der Waals surface area contributed by atoms with Crippen molar-refractivity contribution in [2.75, 3.05) is 13.2 Å². The van der Waals surface area contributed by atoms with Crippen molar-refractivity contribution in [2.24, 2.45) is 0 Å². The van der Waals surface area contributed by atoms with E-state index >= 15 is 0 Å². The molecule has 0 saturated carbocycles. The van der Waals surface area contributed by atoms with Crippen molar-refractivity contribution >= 4 is 17.5 Å². The molecule has 5 heteroatoms. The lowest BCUT2D eigenvalue weighted by Crippen LogP contribution is -2.32. The molecule has 1 unspecified atom stereocenters. The number of nitrogens with one attached hydrogen (secondary N) is 1. The molecule has 0 aliphatic carbocycles. The number of nitrogens with zero attached hydrogens (tertiary/aromatic N) is 1. The lowest BCUT2D eigenvalue weighted by atomic mass is 10.3. The highest BCUT2D eigenvalue weighted by atomic mass is 35.5. The van der Waals surface area contributed by atoms with Crippen LogP contribution < -0.4 is 5.32 Å². The summed E-state index contributed by atoms with van der Waals surface area (Å²) in [5, 5.41) is 3.22. The molecule has 1 rings (SSSR count). The van der Waals surface area contributed by atoms with Crippen molar-refractivity contribution in [3.63, 3.8) is 0 Å². The summed E-state index contributed by atoms with van der Waals surface area (Å²) in [5.41, 5.74) is 0.316. The zero-order chi connectivity index (χ0) is 12.0. The Hall–Kier alpha value is -1.13. The Kier molecular flexibility index (Phi) is 5.22. The third-order valence-electron chi connectivity index (χ3n) is 1.96. The molecule has 0 saturated heterocycles. The van der Waals surface area contributed by atoms with Gasteiger partial charge >= 0.3 is 0 Å². The Morgan fingerprint density at radius 2 is 2.44 bits per heavy atom. The van der Waals surface area contributed by atoms with Crippen molar-refractivity contribution in [3.05, 3.63) is 29.0 Å². The first-order valence-corrected chi connectivity index (χ1v) is 5.52. The van der Waals surface area contributed by atoms with Crippen LogP contribution >= 0.6 is 11.6 Å². The number of pyridine rings is 1. The topological polar surface area (TPSA) is 51.2 Å². The lowest BCUT2D eigenvalue weighted by Gasteiger charge is -2.12. The second-order valence-electron chi connectivity index (χ2n) is 3.34. The van der Waals surface area contributed by atoms with E-state index in [-0.39, 0.29) is 12.0 Å². The van der Waals surface area contributed by atoms with Crippen molar-refractivity contribution < 1.29 is 9.53 Å². The molecule has 1 aromatic rings. The first-order chi connectivity index (χ1) is 7.63. The summed E-state index contributed by atoms with van der Waals surface area (Å²) in [7, 11) is 0. The second kappa shape index (κ2) is 6.45. The summed E-state index contributed by atoms with van der Waals surface area (Å²) in [5.74, 6) is -0.242. The molecular formula is C11H15ClN2O2. The molecule has 16 heavy (non-hydrogen) atoms. The third-order valence-corrected chi connectivity index (χ3v) is 2.19. The van der Waals surface area contributed by atoms with Crippen LogP contribution in [-0.2, 0) is 4.74 Å². The van der Waals surface area contributed by atoms with Gasteiger partial charge in [0.1, 0.15) is 5.69 Å². The quantitative estimate of drug-likeness (QED) is 0.858. The minimum atomic E-state index is -0.242. The van der Waals surface area contributed by atoms with Gasteiger partial charge in [-0.3, -0.25) is 9.78 Å². The van der Waals surface area contributed by atoms with Crippen LogP contribution in [0.5, 0.6) is 0 Å². The monoisotopic (exact) mass is 242 g/mol. The third kappa shape index (κ3) is 4.16. The highest BCUT2D eigenvalue weighted by molar-refractivity contribution is 6.30. The number of hydrogen-bond acceptors (Lipinski definition) is 3. The van der Waals surface area contributed by atoms with E-state index in [9.17, 15) is 4.79 Å². The van der Waals surface area contributed by atoms with Gasteiger partial charge in [0.05, 0.1) is 6.10 Å². The van der Waals surface area contributed by atoms with Crippen LogP contribution in [0.2, 0.25) is 5.02 Å². The highest BCUT2D eigenvalue weighted by Gasteiger charge is 2.09. The van der Waals surface area contributed by atoms with Crippen LogP contribution in [0.4, 0.5) is 0 Å². The number of amides is 1. The first kappa shape index (κ1) is 12.9. The van der Waals surface area contributed by atoms with Crippen molar-refractivity contribution in [3.8, 4) is 0 Å². The highest BCUT2D eigenvalue weighted by Crippen LogP contribution is 2.07. The van der Waals surface area contributed by atoms with Gasteiger partial charge in [0.2, 0.25) is 0 Å². The molecule has 0 aliphatic heterocycles. The molecular weight excluding hydrogens is 228 g/mol. The summed E-state index contributed by atoms with van der Waals surface area (Å²) in [6, 6.07) is 3.16. The predicted octanol–water partition coefficient (Wildman–Crippen LogP) is 1.89. The van der Waals surface area contributed by atoms with Crippen LogP contribution in [0, 0.1) is 0 Å². The first-order valence-electron chi connectivity index (χ1n) is 5.14. The Balaban J connectivity index is 2.47. The maximum Gasteiger partial charge on any atom is 0.270 e. The normalized spacial score (nSPS) is 12.2. The minimum Gasteiger partial charge on any atom is -0.377 e. The average Bonchev–Trinajstić information content (AvgIpc) is 2.26. The number of ether oxygens (including phenoxy) is 1. The van der Waals surface area contributed by atoms with Crippen LogP contribution in [0.15, 0.2) is 18.3 Å². The molecule has 1 amide bonds. The van der Waals surface area contributed by atoms with Gasteiger partial charge in [0, 0.05) is 24.4 Å². The van der Waals surface area contributed by atoms with E-state index in [0.717, 1.165) is 0 Å². The van der Waals surface area contributed by atoms with E-state index in [0.29, 0.717) is 23.9 Å². The Bertz CT molecular complexity index is 358. The van der Waals surface area contributed by atoms with Gasteiger partial charge in [-0.2, -0.15) is 0 Å². The zero-order valence-electron chi connectivity index (χ0n) is 9.37. The molecule has 0 aromatic carbocycles. The van der Waals surface area contributed by atoms with Gasteiger partial charge in [0.15, 0.2) is 0 Å². The maximum absolute atomic E-state index is 11.6. The van der Waals surface area contributed by atoms with E-state index in [1.807, 2.05) is 13.8 Å². The van der Waals surface area contributed by atoms with Gasteiger partial charge in [0.25, 0.3) is 5.91 Å². The van der Waals surface area contributed by atoms with Crippen molar-refractivity contribution in [1.82, 2.24) is 10.3 Å². The van der Waals surface area contributed by atoms with E-state index in [2.05, 4.69) is 10.3 Å². The van der Waals surface area contributed by atoms with Crippen LogP contribution in [0.25, 0.3) is 0 Å².